The highest BCUT2D eigenvalue weighted by atomic mass is 35.5. The minimum Gasteiger partial charge on any atom is -0.508 e. The Balaban J connectivity index is 0. The number of aromatic hydroxyl groups is 1. The highest BCUT2D eigenvalue weighted by Crippen LogP contribution is 2.20. The summed E-state index contributed by atoms with van der Waals surface area (Å²) in [5.41, 5.74) is 0.375. The van der Waals surface area contributed by atoms with Gasteiger partial charge in [-0.1, -0.05) is 104 Å². The SMILES string of the molecule is CC.CCCCC(C)CCCC.N#Cc1ccc(O)cc1Cl.O=CNC1CCCCC1. The zero-order valence-electron chi connectivity index (χ0n) is 20.4. The molecule has 1 amide bonds. The molecule has 0 saturated heterocycles. The molecule has 0 heterocycles. The van der Waals surface area contributed by atoms with Crippen LogP contribution >= 0.6 is 11.6 Å². The van der Waals surface area contributed by atoms with E-state index in [2.05, 4.69) is 26.1 Å². The Labute approximate surface area is 196 Å². The standard InChI is InChI=1S/C10H22.C7H4ClNO.C7H13NO.C2H6/c1-4-6-8-10(3)9-7-5-2;8-7-3-6(10)2-1-5(7)4-9;9-6-8-7-4-2-1-3-5-7;1-2/h10H,4-9H2,1-3H3;1-3,10H;6-7H,1-5H2,(H,8,9);1-2H3. The van der Waals surface area contributed by atoms with Crippen LogP contribution in [0.5, 0.6) is 5.75 Å². The summed E-state index contributed by atoms with van der Waals surface area (Å²) < 4.78 is 0. The van der Waals surface area contributed by atoms with Crippen LogP contribution in [0, 0.1) is 17.2 Å². The number of nitrogens with zero attached hydrogens (tertiary/aromatic N) is 1. The van der Waals surface area contributed by atoms with Gasteiger partial charge in [0.15, 0.2) is 0 Å². The lowest BCUT2D eigenvalue weighted by Crippen LogP contribution is -2.29. The monoisotopic (exact) mass is 452 g/mol. The van der Waals surface area contributed by atoms with E-state index < -0.39 is 0 Å². The van der Waals surface area contributed by atoms with E-state index in [9.17, 15) is 4.79 Å². The van der Waals surface area contributed by atoms with Crippen molar-refractivity contribution < 1.29 is 9.90 Å². The maximum absolute atomic E-state index is 9.96. The zero-order chi connectivity index (χ0) is 23.9. The third-order valence-corrected chi connectivity index (χ3v) is 5.40. The van der Waals surface area contributed by atoms with Crippen molar-refractivity contribution in [1.29, 1.82) is 5.26 Å². The number of benzene rings is 1. The van der Waals surface area contributed by atoms with Crippen molar-refractivity contribution in [2.24, 2.45) is 5.92 Å². The fraction of sp³-hybridized carbons (Fsp3) is 0.692. The number of unbranched alkanes of at least 4 members (excludes halogenated alkanes) is 2. The number of rotatable bonds is 8. The molecule has 1 aliphatic carbocycles. The average molecular weight is 453 g/mol. The molecule has 2 rings (SSSR count). The van der Waals surface area contributed by atoms with Gasteiger partial charge < -0.3 is 10.4 Å². The van der Waals surface area contributed by atoms with Gasteiger partial charge in [-0.3, -0.25) is 4.79 Å². The van der Waals surface area contributed by atoms with Gasteiger partial charge in [-0.25, -0.2) is 0 Å². The highest BCUT2D eigenvalue weighted by molar-refractivity contribution is 6.31. The summed E-state index contributed by atoms with van der Waals surface area (Å²) in [6.07, 6.45) is 15.5. The van der Waals surface area contributed by atoms with Crippen LogP contribution in [0.3, 0.4) is 0 Å². The van der Waals surface area contributed by atoms with Gasteiger partial charge in [-0.15, -0.1) is 0 Å². The summed E-state index contributed by atoms with van der Waals surface area (Å²) in [5, 5.41) is 20.3. The molecule has 31 heavy (non-hydrogen) atoms. The molecular formula is C26H45ClN2O2. The van der Waals surface area contributed by atoms with Gasteiger partial charge in [-0.2, -0.15) is 5.26 Å². The van der Waals surface area contributed by atoms with E-state index in [4.69, 9.17) is 22.0 Å². The number of nitriles is 1. The van der Waals surface area contributed by atoms with Gasteiger partial charge in [-0.05, 0) is 37.0 Å². The molecule has 178 valence electrons. The molecule has 1 fully saturated rings. The second kappa shape index (κ2) is 22.9. The van der Waals surface area contributed by atoms with Gasteiger partial charge in [0.25, 0.3) is 0 Å². The molecule has 1 aromatic rings. The molecule has 4 nitrogen and oxygen atoms in total. The van der Waals surface area contributed by atoms with E-state index in [1.165, 1.54) is 88.8 Å². The Bertz CT molecular complexity index is 573. The fourth-order valence-corrected chi connectivity index (χ4v) is 3.43. The number of phenolic OH excluding ortho intramolecular Hbond substituents is 1. The molecule has 2 N–H and O–H groups in total. The molecule has 0 aromatic heterocycles. The third-order valence-electron chi connectivity index (χ3n) is 5.08. The predicted octanol–water partition coefficient (Wildman–Crippen LogP) is 8.01. The molecule has 1 aromatic carbocycles. The minimum atomic E-state index is 0.0731. The number of hydrogen-bond donors (Lipinski definition) is 2. The topological polar surface area (TPSA) is 73.1 Å². The summed E-state index contributed by atoms with van der Waals surface area (Å²) in [4.78, 5) is 9.96. The van der Waals surface area contributed by atoms with Crippen molar-refractivity contribution in [3.05, 3.63) is 28.8 Å². The predicted molar refractivity (Wildman–Crippen MR) is 133 cm³/mol. The quantitative estimate of drug-likeness (QED) is 0.392. The first-order chi connectivity index (χ1) is 15.0. The molecular weight excluding hydrogens is 408 g/mol. The Morgan fingerprint density at radius 3 is 2.13 bits per heavy atom. The lowest BCUT2D eigenvalue weighted by Gasteiger charge is -2.19. The second-order valence-corrected chi connectivity index (χ2v) is 8.19. The largest absolute Gasteiger partial charge is 0.508 e. The summed E-state index contributed by atoms with van der Waals surface area (Å²) in [5.74, 6) is 1.05. The lowest BCUT2D eigenvalue weighted by atomic mass is 9.96. The molecule has 0 radical (unpaired) electrons. The third kappa shape index (κ3) is 18.7. The maximum atomic E-state index is 9.96. The zero-order valence-corrected chi connectivity index (χ0v) is 21.2. The van der Waals surface area contributed by atoms with Crippen molar-refractivity contribution in [3.8, 4) is 11.8 Å². The molecule has 0 bridgehead atoms. The van der Waals surface area contributed by atoms with Crippen LogP contribution in [-0.2, 0) is 4.79 Å². The van der Waals surface area contributed by atoms with E-state index in [1.54, 1.807) is 0 Å². The van der Waals surface area contributed by atoms with Crippen LogP contribution in [0.1, 0.15) is 111 Å². The second-order valence-electron chi connectivity index (χ2n) is 7.79. The number of phenols is 1. The van der Waals surface area contributed by atoms with E-state index in [0.29, 0.717) is 11.6 Å². The maximum Gasteiger partial charge on any atom is 0.207 e. The van der Waals surface area contributed by atoms with Crippen LogP contribution in [0.15, 0.2) is 18.2 Å². The number of amides is 1. The number of hydrogen-bond acceptors (Lipinski definition) is 3. The van der Waals surface area contributed by atoms with Crippen LogP contribution < -0.4 is 5.32 Å². The highest BCUT2D eigenvalue weighted by Gasteiger charge is 2.10. The number of carbonyl (C=O) groups excluding carboxylic acids is 1. The first kappa shape index (κ1) is 31.5. The summed E-state index contributed by atoms with van der Waals surface area (Å²) in [6.45, 7) is 10.9. The van der Waals surface area contributed by atoms with Gasteiger partial charge >= 0.3 is 0 Å². The summed E-state index contributed by atoms with van der Waals surface area (Å²) in [7, 11) is 0. The van der Waals surface area contributed by atoms with Gasteiger partial charge in [0.1, 0.15) is 11.8 Å². The van der Waals surface area contributed by atoms with E-state index >= 15 is 0 Å². The fourth-order valence-electron chi connectivity index (χ4n) is 3.21. The minimum absolute atomic E-state index is 0.0731. The molecule has 1 aliphatic rings. The summed E-state index contributed by atoms with van der Waals surface area (Å²) >= 11 is 5.55. The van der Waals surface area contributed by atoms with Crippen LogP contribution in [0.2, 0.25) is 5.02 Å². The lowest BCUT2D eigenvalue weighted by molar-refractivity contribution is -0.110. The molecule has 1 saturated carbocycles. The molecule has 0 spiro atoms. The van der Waals surface area contributed by atoms with Crippen molar-refractivity contribution in [1.82, 2.24) is 5.32 Å². The van der Waals surface area contributed by atoms with Gasteiger partial charge in [0.05, 0.1) is 10.6 Å². The molecule has 5 heteroatoms. The van der Waals surface area contributed by atoms with Gasteiger partial charge in [0, 0.05) is 6.04 Å². The van der Waals surface area contributed by atoms with E-state index in [-0.39, 0.29) is 10.8 Å². The first-order valence-corrected chi connectivity index (χ1v) is 12.4. The van der Waals surface area contributed by atoms with Gasteiger partial charge in [0.2, 0.25) is 6.41 Å². The average Bonchev–Trinajstić information content (AvgIpc) is 2.79. The molecule has 0 unspecified atom stereocenters. The first-order valence-electron chi connectivity index (χ1n) is 12.1. The van der Waals surface area contributed by atoms with E-state index in [0.717, 1.165) is 12.3 Å². The van der Waals surface area contributed by atoms with Crippen molar-refractivity contribution in [3.63, 3.8) is 0 Å². The Morgan fingerprint density at radius 1 is 1.16 bits per heavy atom. The molecule has 0 atom stereocenters. The molecule has 0 aliphatic heterocycles. The van der Waals surface area contributed by atoms with E-state index in [1.807, 2.05) is 19.9 Å². The Kier molecular flexibility index (Phi) is 23.3. The van der Waals surface area contributed by atoms with Crippen LogP contribution in [0.4, 0.5) is 0 Å². The normalized spacial score (nSPS) is 12.7. The van der Waals surface area contributed by atoms with Crippen molar-refractivity contribution >= 4 is 18.0 Å². The summed E-state index contributed by atoms with van der Waals surface area (Å²) in [6, 6.07) is 6.59. The van der Waals surface area contributed by atoms with Crippen LogP contribution in [-0.4, -0.2) is 17.6 Å². The Morgan fingerprint density at radius 2 is 1.71 bits per heavy atom. The Hall–Kier alpha value is -1.73. The number of halogens is 1. The smallest absolute Gasteiger partial charge is 0.207 e. The van der Waals surface area contributed by atoms with Crippen molar-refractivity contribution in [2.45, 2.75) is 111 Å². The van der Waals surface area contributed by atoms with Crippen LogP contribution in [0.25, 0.3) is 0 Å². The van der Waals surface area contributed by atoms with Crippen molar-refractivity contribution in [2.75, 3.05) is 0 Å². The number of carbonyl (C=O) groups is 1. The number of nitrogens with one attached hydrogen (secondary N) is 1.